The predicted octanol–water partition coefficient (Wildman–Crippen LogP) is 1.89. The molecule has 0 aliphatic heterocycles. The highest BCUT2D eigenvalue weighted by Crippen LogP contribution is 2.28. The maximum atomic E-state index is 12.5. The lowest BCUT2D eigenvalue weighted by molar-refractivity contribution is -0.117. The highest BCUT2D eigenvalue weighted by Gasteiger charge is 2.23. The largest absolute Gasteiger partial charge is 0.495 e. The Hall–Kier alpha value is -2.62. The average molecular weight is 422 g/mol. The van der Waals surface area contributed by atoms with Crippen molar-refractivity contribution in [2.45, 2.75) is 4.90 Å². The van der Waals surface area contributed by atoms with Gasteiger partial charge in [0.15, 0.2) is 0 Å². The summed E-state index contributed by atoms with van der Waals surface area (Å²) in [5.41, 5.74) is 0.380. The van der Waals surface area contributed by atoms with Crippen LogP contribution in [-0.2, 0) is 14.8 Å². The molecule has 0 bridgehead atoms. The summed E-state index contributed by atoms with van der Waals surface area (Å²) < 4.78 is 36.8. The van der Waals surface area contributed by atoms with Gasteiger partial charge < -0.3 is 14.8 Å². The molecular formula is C20H27N3O5S. The highest BCUT2D eigenvalue weighted by molar-refractivity contribution is 7.89. The van der Waals surface area contributed by atoms with Crippen LogP contribution in [0.5, 0.6) is 11.5 Å². The number of hydrogen-bond donors (Lipinski definition) is 1. The van der Waals surface area contributed by atoms with Crippen molar-refractivity contribution < 1.29 is 22.7 Å². The second-order valence-electron chi connectivity index (χ2n) is 6.60. The molecule has 0 aromatic heterocycles. The van der Waals surface area contributed by atoms with E-state index < -0.39 is 10.0 Å². The lowest BCUT2D eigenvalue weighted by Crippen LogP contribution is -2.33. The number of sulfonamides is 1. The molecule has 0 fully saturated rings. The Balaban J connectivity index is 1.94. The van der Waals surface area contributed by atoms with Gasteiger partial charge in [-0.1, -0.05) is 18.2 Å². The molecule has 1 N–H and O–H groups in total. The van der Waals surface area contributed by atoms with E-state index in [1.807, 2.05) is 42.3 Å². The van der Waals surface area contributed by atoms with Crippen LogP contribution in [0.1, 0.15) is 0 Å². The summed E-state index contributed by atoms with van der Waals surface area (Å²) in [5.74, 6) is 0.732. The van der Waals surface area contributed by atoms with Gasteiger partial charge in [0, 0.05) is 26.3 Å². The van der Waals surface area contributed by atoms with Crippen LogP contribution in [0.3, 0.4) is 0 Å². The van der Waals surface area contributed by atoms with Crippen LogP contribution in [-0.4, -0.2) is 71.5 Å². The third kappa shape index (κ3) is 6.45. The average Bonchev–Trinajstić information content (AvgIpc) is 2.68. The van der Waals surface area contributed by atoms with Gasteiger partial charge in [0.2, 0.25) is 15.9 Å². The van der Waals surface area contributed by atoms with E-state index in [0.29, 0.717) is 18.8 Å². The second-order valence-corrected chi connectivity index (χ2v) is 8.72. The number of rotatable bonds is 10. The summed E-state index contributed by atoms with van der Waals surface area (Å²) in [6.07, 6.45) is 0. The molecule has 0 atom stereocenters. The quantitative estimate of drug-likeness (QED) is 0.630. The van der Waals surface area contributed by atoms with Crippen LogP contribution < -0.4 is 14.8 Å². The first-order valence-electron chi connectivity index (χ1n) is 9.01. The Kier molecular flexibility index (Phi) is 8.00. The lowest BCUT2D eigenvalue weighted by Gasteiger charge is -2.18. The zero-order valence-electron chi connectivity index (χ0n) is 17.1. The summed E-state index contributed by atoms with van der Waals surface area (Å²) in [7, 11) is 2.37. The van der Waals surface area contributed by atoms with Crippen molar-refractivity contribution in [3.63, 3.8) is 0 Å². The topological polar surface area (TPSA) is 88.2 Å². The van der Waals surface area contributed by atoms with Crippen molar-refractivity contribution in [1.29, 1.82) is 0 Å². The molecule has 0 aliphatic rings. The summed E-state index contributed by atoms with van der Waals surface area (Å²) in [4.78, 5) is 14.1. The number of amides is 1. The van der Waals surface area contributed by atoms with Crippen molar-refractivity contribution in [1.82, 2.24) is 9.21 Å². The van der Waals surface area contributed by atoms with Crippen LogP contribution in [0, 0.1) is 0 Å². The monoisotopic (exact) mass is 421 g/mol. The molecule has 9 heteroatoms. The van der Waals surface area contributed by atoms with E-state index in [4.69, 9.17) is 9.47 Å². The number of para-hydroxylation sites is 1. The third-order valence-corrected chi connectivity index (χ3v) is 5.94. The van der Waals surface area contributed by atoms with Crippen molar-refractivity contribution in [2.24, 2.45) is 0 Å². The number of nitrogens with zero attached hydrogens (tertiary/aromatic N) is 2. The van der Waals surface area contributed by atoms with Crippen molar-refractivity contribution >= 4 is 21.6 Å². The predicted molar refractivity (Wildman–Crippen MR) is 112 cm³/mol. The fourth-order valence-electron chi connectivity index (χ4n) is 2.51. The fraction of sp³-hybridized carbons (Fsp3) is 0.350. The molecule has 8 nitrogen and oxygen atoms in total. The number of methoxy groups -OCH3 is 1. The van der Waals surface area contributed by atoms with E-state index in [2.05, 4.69) is 5.32 Å². The number of carbonyl (C=O) groups is 1. The maximum Gasteiger partial charge on any atom is 0.246 e. The summed E-state index contributed by atoms with van der Waals surface area (Å²) in [6.45, 7) is 1.15. The van der Waals surface area contributed by atoms with Crippen molar-refractivity contribution in [3.05, 3.63) is 48.5 Å². The molecule has 2 aromatic rings. The molecule has 0 heterocycles. The first kappa shape index (κ1) is 22.7. The van der Waals surface area contributed by atoms with E-state index in [0.717, 1.165) is 10.1 Å². The van der Waals surface area contributed by atoms with Crippen LogP contribution >= 0.6 is 0 Å². The van der Waals surface area contributed by atoms with Crippen LogP contribution in [0.2, 0.25) is 0 Å². The minimum absolute atomic E-state index is 0.00702. The molecule has 2 aromatic carbocycles. The normalized spacial score (nSPS) is 11.5. The Morgan fingerprint density at radius 1 is 1.07 bits per heavy atom. The van der Waals surface area contributed by atoms with Gasteiger partial charge in [-0.3, -0.25) is 9.69 Å². The standard InChI is InChI=1S/C20H27N3O5S/c1-22(2)29(25,26)19-14-16(10-11-18(19)27-4)21-20(24)15-23(3)12-13-28-17-8-6-5-7-9-17/h5-11,14H,12-13,15H2,1-4H3,(H,21,24). The molecule has 0 unspecified atom stereocenters. The summed E-state index contributed by atoms with van der Waals surface area (Å²) >= 11 is 0. The summed E-state index contributed by atoms with van der Waals surface area (Å²) in [6, 6.07) is 14.0. The van der Waals surface area contributed by atoms with E-state index in [1.54, 1.807) is 6.07 Å². The summed E-state index contributed by atoms with van der Waals surface area (Å²) in [5, 5.41) is 2.72. The second kappa shape index (κ2) is 10.2. The van der Waals surface area contributed by atoms with Crippen LogP contribution in [0.4, 0.5) is 5.69 Å². The van der Waals surface area contributed by atoms with Gasteiger partial charge in [-0.15, -0.1) is 0 Å². The minimum Gasteiger partial charge on any atom is -0.495 e. The number of ether oxygens (including phenoxy) is 2. The molecule has 0 spiro atoms. The van der Waals surface area contributed by atoms with Gasteiger partial charge in [-0.25, -0.2) is 12.7 Å². The minimum atomic E-state index is -3.71. The molecule has 0 saturated carbocycles. The third-order valence-electron chi connectivity index (χ3n) is 4.10. The van der Waals surface area contributed by atoms with E-state index in [-0.39, 0.29) is 23.1 Å². The number of benzene rings is 2. The van der Waals surface area contributed by atoms with Gasteiger partial charge in [-0.2, -0.15) is 0 Å². The lowest BCUT2D eigenvalue weighted by atomic mass is 10.3. The van der Waals surface area contributed by atoms with Crippen molar-refractivity contribution in [2.75, 3.05) is 53.3 Å². The number of anilines is 1. The number of likely N-dealkylation sites (N-methyl/N-ethyl adjacent to an activating group) is 1. The molecule has 0 radical (unpaired) electrons. The SMILES string of the molecule is COc1ccc(NC(=O)CN(C)CCOc2ccccc2)cc1S(=O)(=O)N(C)C. The molecule has 0 saturated heterocycles. The molecule has 29 heavy (non-hydrogen) atoms. The van der Waals surface area contributed by atoms with Gasteiger partial charge in [0.25, 0.3) is 0 Å². The highest BCUT2D eigenvalue weighted by atomic mass is 32.2. The number of nitrogens with one attached hydrogen (secondary N) is 1. The Labute approximate surface area is 172 Å². The smallest absolute Gasteiger partial charge is 0.246 e. The van der Waals surface area contributed by atoms with E-state index in [9.17, 15) is 13.2 Å². The van der Waals surface area contributed by atoms with Gasteiger partial charge in [-0.05, 0) is 37.4 Å². The molecular weight excluding hydrogens is 394 g/mol. The van der Waals surface area contributed by atoms with Crippen LogP contribution in [0.15, 0.2) is 53.4 Å². The number of carbonyl (C=O) groups excluding carboxylic acids is 1. The first-order valence-corrected chi connectivity index (χ1v) is 10.4. The molecule has 1 amide bonds. The van der Waals surface area contributed by atoms with Crippen LogP contribution in [0.25, 0.3) is 0 Å². The van der Waals surface area contributed by atoms with Gasteiger partial charge in [0.1, 0.15) is 23.0 Å². The molecule has 158 valence electrons. The maximum absolute atomic E-state index is 12.5. The van der Waals surface area contributed by atoms with E-state index in [1.165, 1.54) is 33.3 Å². The molecule has 2 rings (SSSR count). The molecule has 0 aliphatic carbocycles. The first-order chi connectivity index (χ1) is 13.7. The Morgan fingerprint density at radius 2 is 1.76 bits per heavy atom. The zero-order chi connectivity index (χ0) is 21.4. The Morgan fingerprint density at radius 3 is 2.38 bits per heavy atom. The van der Waals surface area contributed by atoms with E-state index >= 15 is 0 Å². The zero-order valence-corrected chi connectivity index (χ0v) is 17.9. The fourth-order valence-corrected chi connectivity index (χ4v) is 3.59. The van der Waals surface area contributed by atoms with Gasteiger partial charge >= 0.3 is 0 Å². The van der Waals surface area contributed by atoms with Gasteiger partial charge in [0.05, 0.1) is 13.7 Å². The van der Waals surface area contributed by atoms with Crippen molar-refractivity contribution in [3.8, 4) is 11.5 Å². The number of hydrogen-bond acceptors (Lipinski definition) is 6. The Bertz CT molecular complexity index is 917.